The van der Waals surface area contributed by atoms with Gasteiger partial charge in [-0.2, -0.15) is 13.2 Å². The monoisotopic (exact) mass is 249 g/mol. The molecule has 1 aromatic carbocycles. The van der Waals surface area contributed by atoms with Gasteiger partial charge in [-0.25, -0.2) is 0 Å². The highest BCUT2D eigenvalue weighted by atomic mass is 35.5. The van der Waals surface area contributed by atoms with Gasteiger partial charge in [-0.15, -0.1) is 0 Å². The lowest BCUT2D eigenvalue weighted by Crippen LogP contribution is -2.21. The molecule has 16 heavy (non-hydrogen) atoms. The lowest BCUT2D eigenvalue weighted by atomic mass is 10.1. The topological polar surface area (TPSA) is 40.1 Å². The van der Waals surface area contributed by atoms with Gasteiger partial charge in [-0.3, -0.25) is 4.79 Å². The lowest BCUT2D eigenvalue weighted by Gasteiger charge is -2.12. The first-order chi connectivity index (χ1) is 7.30. The van der Waals surface area contributed by atoms with Crippen molar-refractivity contribution in [3.63, 3.8) is 0 Å². The Bertz CT molecular complexity index is 421. The van der Waals surface area contributed by atoms with Crippen molar-refractivity contribution in [2.75, 3.05) is 0 Å². The predicted molar refractivity (Wildman–Crippen MR) is 50.5 cm³/mol. The number of rotatable bonds is 2. The van der Waals surface area contributed by atoms with E-state index in [0.717, 1.165) is 0 Å². The molecule has 0 aliphatic rings. The molecule has 0 amide bonds. The summed E-state index contributed by atoms with van der Waals surface area (Å²) in [5.41, 5.74) is -0.0259. The second-order valence-corrected chi connectivity index (χ2v) is 3.31. The molecule has 0 unspecified atom stereocenters. The molecule has 0 aliphatic heterocycles. The number of benzene rings is 1. The van der Waals surface area contributed by atoms with Gasteiger partial charge < -0.3 is 5.11 Å². The van der Waals surface area contributed by atoms with Crippen LogP contribution in [0.25, 0.3) is 5.76 Å². The number of alkyl halides is 3. The summed E-state index contributed by atoms with van der Waals surface area (Å²) in [6, 6.07) is 5.18. The molecule has 6 heteroatoms. The van der Waals surface area contributed by atoms with Crippen molar-refractivity contribution in [1.29, 1.82) is 0 Å². The predicted octanol–water partition coefficient (Wildman–Crippen LogP) is 2.17. The van der Waals surface area contributed by atoms with Crippen LogP contribution in [0.15, 0.2) is 30.3 Å². The van der Waals surface area contributed by atoms with Gasteiger partial charge in [0.25, 0.3) is 5.78 Å². The van der Waals surface area contributed by atoms with Gasteiger partial charge in [0, 0.05) is 5.02 Å². The molecule has 0 saturated carbocycles. The third-order valence-corrected chi connectivity index (χ3v) is 1.92. The second kappa shape index (κ2) is 4.57. The normalized spacial score (nSPS) is 12.6. The molecule has 0 atom stereocenters. The van der Waals surface area contributed by atoms with Crippen molar-refractivity contribution in [2.24, 2.45) is 0 Å². The minimum atomic E-state index is -5.03. The Labute approximate surface area is 94.0 Å². The van der Waals surface area contributed by atoms with E-state index in [-0.39, 0.29) is 11.6 Å². The molecule has 1 rings (SSSR count). The maximum Gasteiger partial charge on any atom is 0.454 e. The van der Waals surface area contributed by atoms with Gasteiger partial charge in [0.15, 0.2) is 0 Å². The number of halogens is 4. The zero-order valence-electron chi connectivity index (χ0n) is 7.72. The van der Waals surface area contributed by atoms with Crippen molar-refractivity contribution in [3.05, 3.63) is 40.9 Å². The molecule has 0 N–H and O–H groups in total. The molecule has 0 heterocycles. The Hall–Kier alpha value is -1.49. The summed E-state index contributed by atoms with van der Waals surface area (Å²) in [5, 5.41) is 11.5. The maximum absolute atomic E-state index is 11.8. The van der Waals surface area contributed by atoms with Crippen LogP contribution in [-0.4, -0.2) is 12.0 Å². The Morgan fingerprint density at radius 1 is 1.25 bits per heavy atom. The fourth-order valence-electron chi connectivity index (χ4n) is 0.898. The zero-order chi connectivity index (χ0) is 12.3. The minimum Gasteiger partial charge on any atom is -0.872 e. The molecule has 0 aliphatic carbocycles. The molecule has 0 spiro atoms. The molecular formula is C10H5ClF3O2-. The summed E-state index contributed by atoms with van der Waals surface area (Å²) < 4.78 is 35.5. The Balaban J connectivity index is 2.94. The summed E-state index contributed by atoms with van der Waals surface area (Å²) in [5.74, 6) is -3.17. The maximum atomic E-state index is 11.8. The highest BCUT2D eigenvalue weighted by Crippen LogP contribution is 2.19. The second-order valence-electron chi connectivity index (χ2n) is 2.88. The fourth-order valence-corrected chi connectivity index (χ4v) is 1.02. The molecule has 86 valence electrons. The van der Waals surface area contributed by atoms with E-state index in [1.807, 2.05) is 0 Å². The Kier molecular flexibility index (Phi) is 3.59. The summed E-state index contributed by atoms with van der Waals surface area (Å²) in [6.07, 6.45) is -5.01. The van der Waals surface area contributed by atoms with Gasteiger partial charge in [-0.1, -0.05) is 29.5 Å². The highest BCUT2D eigenvalue weighted by Gasteiger charge is 2.36. The first-order valence-corrected chi connectivity index (χ1v) is 4.44. The third kappa shape index (κ3) is 3.27. The number of hydrogen-bond acceptors (Lipinski definition) is 2. The van der Waals surface area contributed by atoms with Crippen molar-refractivity contribution in [3.8, 4) is 0 Å². The smallest absolute Gasteiger partial charge is 0.454 e. The van der Waals surface area contributed by atoms with Crippen LogP contribution in [0, 0.1) is 0 Å². The van der Waals surface area contributed by atoms with Gasteiger partial charge in [0.2, 0.25) is 0 Å². The summed E-state index contributed by atoms with van der Waals surface area (Å²) in [6.45, 7) is 0. The average Bonchev–Trinajstić information content (AvgIpc) is 2.17. The Morgan fingerprint density at radius 2 is 1.75 bits per heavy atom. The van der Waals surface area contributed by atoms with Crippen LogP contribution < -0.4 is 5.11 Å². The van der Waals surface area contributed by atoms with E-state index < -0.39 is 17.7 Å². The van der Waals surface area contributed by atoms with Crippen LogP contribution >= 0.6 is 11.6 Å². The van der Waals surface area contributed by atoms with Crippen LogP contribution in [0.2, 0.25) is 5.02 Å². The molecule has 0 radical (unpaired) electrons. The number of hydrogen-bond donors (Lipinski definition) is 0. The number of ketones is 1. The van der Waals surface area contributed by atoms with Crippen LogP contribution in [0.4, 0.5) is 13.2 Å². The van der Waals surface area contributed by atoms with Crippen molar-refractivity contribution in [1.82, 2.24) is 0 Å². The SMILES string of the molecule is O=C(C=C([O-])c1ccc(Cl)cc1)C(F)(F)F. The summed E-state index contributed by atoms with van der Waals surface area (Å²) in [7, 11) is 0. The molecule has 0 saturated heterocycles. The van der Waals surface area contributed by atoms with Crippen molar-refractivity contribution >= 4 is 23.1 Å². The number of carbonyl (C=O) groups excluding carboxylic acids is 1. The molecular weight excluding hydrogens is 245 g/mol. The van der Waals surface area contributed by atoms with E-state index in [0.29, 0.717) is 5.02 Å². The van der Waals surface area contributed by atoms with E-state index >= 15 is 0 Å². The quantitative estimate of drug-likeness (QED) is 0.595. The third-order valence-electron chi connectivity index (χ3n) is 1.67. The van der Waals surface area contributed by atoms with E-state index in [2.05, 4.69) is 0 Å². The molecule has 2 nitrogen and oxygen atoms in total. The van der Waals surface area contributed by atoms with Gasteiger partial charge >= 0.3 is 6.18 Å². The lowest BCUT2D eigenvalue weighted by molar-refractivity contribution is -0.244. The Morgan fingerprint density at radius 3 is 2.19 bits per heavy atom. The first-order valence-electron chi connectivity index (χ1n) is 4.06. The molecule has 0 fully saturated rings. The summed E-state index contributed by atoms with van der Waals surface area (Å²) in [4.78, 5) is 10.5. The molecule has 1 aromatic rings. The van der Waals surface area contributed by atoms with Gasteiger partial charge in [0.05, 0.1) is 0 Å². The van der Waals surface area contributed by atoms with Gasteiger partial charge in [0.1, 0.15) is 0 Å². The standard InChI is InChI=1S/C10H6ClF3O2/c11-7-3-1-6(2-4-7)8(15)5-9(16)10(12,13)14/h1-5,15H/p-1. The zero-order valence-corrected chi connectivity index (χ0v) is 8.47. The van der Waals surface area contributed by atoms with Crippen molar-refractivity contribution in [2.45, 2.75) is 6.18 Å². The average molecular weight is 250 g/mol. The van der Waals surface area contributed by atoms with E-state index in [9.17, 15) is 23.1 Å². The fraction of sp³-hybridized carbons (Fsp3) is 0.100. The molecule has 0 aromatic heterocycles. The van der Waals surface area contributed by atoms with Crippen LogP contribution in [0.1, 0.15) is 5.56 Å². The van der Waals surface area contributed by atoms with E-state index in [4.69, 9.17) is 11.6 Å². The summed E-state index contributed by atoms with van der Waals surface area (Å²) >= 11 is 5.53. The van der Waals surface area contributed by atoms with Crippen LogP contribution in [0.5, 0.6) is 0 Å². The van der Waals surface area contributed by atoms with E-state index in [1.54, 1.807) is 0 Å². The van der Waals surface area contributed by atoms with E-state index in [1.165, 1.54) is 24.3 Å². The largest absolute Gasteiger partial charge is 0.872 e. The minimum absolute atomic E-state index is 0.0171. The highest BCUT2D eigenvalue weighted by molar-refractivity contribution is 6.30. The van der Waals surface area contributed by atoms with Crippen molar-refractivity contribution < 1.29 is 23.1 Å². The van der Waals surface area contributed by atoms with Crippen LogP contribution in [-0.2, 0) is 4.79 Å². The van der Waals surface area contributed by atoms with Crippen LogP contribution in [0.3, 0.4) is 0 Å². The van der Waals surface area contributed by atoms with Gasteiger partial charge in [-0.05, 0) is 23.8 Å². The number of allylic oxidation sites excluding steroid dienone is 1. The number of carbonyl (C=O) groups is 1. The molecule has 0 bridgehead atoms. The first kappa shape index (κ1) is 12.6.